The van der Waals surface area contributed by atoms with Gasteiger partial charge in [0.05, 0.1) is 0 Å². The number of rotatable bonds is 6. The van der Waals surface area contributed by atoms with E-state index in [9.17, 15) is 0 Å². The second-order valence-electron chi connectivity index (χ2n) is 5.03. The summed E-state index contributed by atoms with van der Waals surface area (Å²) in [7, 11) is 0. The molecule has 0 radical (unpaired) electrons. The summed E-state index contributed by atoms with van der Waals surface area (Å²) in [4.78, 5) is 13.5. The molecule has 0 amide bonds. The number of nitrogens with one attached hydrogen (secondary N) is 1. The van der Waals surface area contributed by atoms with Crippen molar-refractivity contribution >= 4 is 17.6 Å². The van der Waals surface area contributed by atoms with E-state index in [1.165, 1.54) is 11.1 Å². The molecule has 21 heavy (non-hydrogen) atoms. The van der Waals surface area contributed by atoms with E-state index in [0.29, 0.717) is 0 Å². The second kappa shape index (κ2) is 7.41. The van der Waals surface area contributed by atoms with Crippen LogP contribution in [0.3, 0.4) is 0 Å². The molecule has 0 saturated carbocycles. The van der Waals surface area contributed by atoms with Gasteiger partial charge in [-0.25, -0.2) is 15.0 Å². The van der Waals surface area contributed by atoms with Crippen LogP contribution in [0.4, 0.5) is 5.82 Å². The van der Waals surface area contributed by atoms with E-state index < -0.39 is 0 Å². The van der Waals surface area contributed by atoms with Crippen molar-refractivity contribution < 1.29 is 0 Å². The molecule has 4 nitrogen and oxygen atoms in total. The lowest BCUT2D eigenvalue weighted by atomic mass is 10.2. The molecule has 2 heterocycles. The Kier molecular flexibility index (Phi) is 5.56. The van der Waals surface area contributed by atoms with Crippen molar-refractivity contribution in [2.45, 2.75) is 45.0 Å². The van der Waals surface area contributed by atoms with Gasteiger partial charge in [0.2, 0.25) is 0 Å². The number of thioether (sulfide) groups is 1. The number of aromatic nitrogens is 3. The van der Waals surface area contributed by atoms with E-state index >= 15 is 0 Å². The van der Waals surface area contributed by atoms with Crippen molar-refractivity contribution in [2.75, 3.05) is 11.9 Å². The molecule has 0 spiro atoms. The number of aryl methyl sites for hydroxylation is 2. The Hall–Kier alpha value is -1.62. The predicted molar refractivity (Wildman–Crippen MR) is 88.8 cm³/mol. The van der Waals surface area contributed by atoms with Crippen LogP contribution in [0.25, 0.3) is 0 Å². The molecule has 0 unspecified atom stereocenters. The highest BCUT2D eigenvalue weighted by molar-refractivity contribution is 7.98. The zero-order valence-corrected chi connectivity index (χ0v) is 13.9. The summed E-state index contributed by atoms with van der Waals surface area (Å²) in [6.07, 6.45) is 2.91. The van der Waals surface area contributed by atoms with Crippen LogP contribution in [-0.2, 0) is 5.75 Å². The van der Waals surface area contributed by atoms with Gasteiger partial charge < -0.3 is 5.32 Å². The molecule has 0 atom stereocenters. The van der Waals surface area contributed by atoms with Crippen LogP contribution in [0.5, 0.6) is 0 Å². The Balaban J connectivity index is 2.09. The molecule has 0 saturated heterocycles. The van der Waals surface area contributed by atoms with E-state index in [0.717, 1.165) is 41.1 Å². The molecular weight excluding hydrogens is 280 g/mol. The predicted octanol–water partition coefficient (Wildman–Crippen LogP) is 3.91. The molecule has 0 aliphatic rings. The summed E-state index contributed by atoms with van der Waals surface area (Å²) in [5.74, 6) is 1.79. The maximum atomic E-state index is 4.55. The lowest BCUT2D eigenvalue weighted by Crippen LogP contribution is -2.05. The van der Waals surface area contributed by atoms with E-state index in [2.05, 4.69) is 40.2 Å². The molecular formula is C16H22N4S. The van der Waals surface area contributed by atoms with Crippen LogP contribution in [0, 0.1) is 20.8 Å². The topological polar surface area (TPSA) is 50.7 Å². The van der Waals surface area contributed by atoms with Crippen molar-refractivity contribution in [1.82, 2.24) is 15.0 Å². The third-order valence-corrected chi connectivity index (χ3v) is 4.30. The molecule has 5 heteroatoms. The Morgan fingerprint density at radius 1 is 1.14 bits per heavy atom. The van der Waals surface area contributed by atoms with Crippen LogP contribution < -0.4 is 5.32 Å². The van der Waals surface area contributed by atoms with E-state index in [1.54, 1.807) is 11.8 Å². The number of anilines is 1. The first kappa shape index (κ1) is 15.8. The highest BCUT2D eigenvalue weighted by Crippen LogP contribution is 2.24. The number of nitrogens with zero attached hydrogens (tertiary/aromatic N) is 3. The average molecular weight is 302 g/mol. The average Bonchev–Trinajstić information content (AvgIpc) is 2.49. The summed E-state index contributed by atoms with van der Waals surface area (Å²) in [5, 5.41) is 4.20. The Labute approximate surface area is 130 Å². The fourth-order valence-electron chi connectivity index (χ4n) is 1.91. The lowest BCUT2D eigenvalue weighted by molar-refractivity contribution is 0.880. The van der Waals surface area contributed by atoms with Gasteiger partial charge in [0.1, 0.15) is 5.82 Å². The van der Waals surface area contributed by atoms with Crippen LogP contribution in [-0.4, -0.2) is 21.5 Å². The molecule has 0 aromatic carbocycles. The summed E-state index contributed by atoms with van der Waals surface area (Å²) < 4.78 is 0. The summed E-state index contributed by atoms with van der Waals surface area (Å²) >= 11 is 1.66. The van der Waals surface area contributed by atoms with Crippen LogP contribution >= 0.6 is 11.8 Å². The number of hydrogen-bond acceptors (Lipinski definition) is 5. The maximum Gasteiger partial charge on any atom is 0.188 e. The normalized spacial score (nSPS) is 10.7. The maximum absolute atomic E-state index is 4.55. The largest absolute Gasteiger partial charge is 0.370 e. The Morgan fingerprint density at radius 2 is 1.86 bits per heavy atom. The van der Waals surface area contributed by atoms with Crippen molar-refractivity contribution in [3.05, 3.63) is 40.8 Å². The highest BCUT2D eigenvalue weighted by Gasteiger charge is 2.08. The first-order valence-electron chi connectivity index (χ1n) is 7.24. The van der Waals surface area contributed by atoms with Crippen LogP contribution in [0.1, 0.15) is 35.9 Å². The van der Waals surface area contributed by atoms with Crippen molar-refractivity contribution in [1.29, 1.82) is 0 Å². The smallest absolute Gasteiger partial charge is 0.188 e. The van der Waals surface area contributed by atoms with E-state index in [-0.39, 0.29) is 0 Å². The quantitative estimate of drug-likeness (QED) is 0.647. The minimum Gasteiger partial charge on any atom is -0.370 e. The van der Waals surface area contributed by atoms with Gasteiger partial charge in [-0.15, -0.1) is 0 Å². The third-order valence-electron chi connectivity index (χ3n) is 3.40. The monoisotopic (exact) mass is 302 g/mol. The first-order chi connectivity index (χ1) is 10.1. The molecule has 0 fully saturated rings. The van der Waals surface area contributed by atoms with Gasteiger partial charge >= 0.3 is 0 Å². The standard InChI is InChI=1S/C16H22N4S/c1-5-8-17-15-14(7-6-9-18-15)10-21-16-19-12(3)11(2)13(4)20-16/h6-7,9H,5,8,10H2,1-4H3,(H,17,18). The van der Waals surface area contributed by atoms with E-state index in [4.69, 9.17) is 0 Å². The van der Waals surface area contributed by atoms with Gasteiger partial charge in [-0.3, -0.25) is 0 Å². The van der Waals surface area contributed by atoms with Gasteiger partial charge in [-0.2, -0.15) is 0 Å². The van der Waals surface area contributed by atoms with Gasteiger partial charge in [-0.05, 0) is 38.8 Å². The molecule has 2 aromatic heterocycles. The Morgan fingerprint density at radius 3 is 2.52 bits per heavy atom. The molecule has 2 aromatic rings. The molecule has 2 rings (SSSR count). The molecule has 0 aliphatic carbocycles. The van der Waals surface area contributed by atoms with Crippen molar-refractivity contribution in [3.63, 3.8) is 0 Å². The summed E-state index contributed by atoms with van der Waals surface area (Å²) in [5.41, 5.74) is 4.47. The highest BCUT2D eigenvalue weighted by atomic mass is 32.2. The minimum absolute atomic E-state index is 0.821. The molecule has 112 valence electrons. The van der Waals surface area contributed by atoms with Crippen molar-refractivity contribution in [3.8, 4) is 0 Å². The van der Waals surface area contributed by atoms with Crippen LogP contribution in [0.15, 0.2) is 23.5 Å². The molecule has 0 aliphatic heterocycles. The SMILES string of the molecule is CCCNc1ncccc1CSc1nc(C)c(C)c(C)n1. The third kappa shape index (κ3) is 4.17. The minimum atomic E-state index is 0.821. The first-order valence-corrected chi connectivity index (χ1v) is 8.22. The van der Waals surface area contributed by atoms with Crippen molar-refractivity contribution in [2.24, 2.45) is 0 Å². The molecule has 1 N–H and O–H groups in total. The lowest BCUT2D eigenvalue weighted by Gasteiger charge is -2.10. The van der Waals surface area contributed by atoms with Gasteiger partial charge in [0.25, 0.3) is 0 Å². The number of hydrogen-bond donors (Lipinski definition) is 1. The van der Waals surface area contributed by atoms with Gasteiger partial charge in [0.15, 0.2) is 5.16 Å². The van der Waals surface area contributed by atoms with Crippen LogP contribution in [0.2, 0.25) is 0 Å². The Bertz CT molecular complexity index is 590. The zero-order valence-electron chi connectivity index (χ0n) is 13.1. The summed E-state index contributed by atoms with van der Waals surface area (Å²) in [6.45, 7) is 9.22. The second-order valence-corrected chi connectivity index (χ2v) is 5.97. The number of pyridine rings is 1. The fraction of sp³-hybridized carbons (Fsp3) is 0.438. The van der Waals surface area contributed by atoms with Gasteiger partial charge in [-0.1, -0.05) is 24.8 Å². The fourth-order valence-corrected chi connectivity index (χ4v) is 2.83. The van der Waals surface area contributed by atoms with Gasteiger partial charge in [0, 0.05) is 35.4 Å². The zero-order chi connectivity index (χ0) is 15.2. The summed E-state index contributed by atoms with van der Waals surface area (Å²) in [6, 6.07) is 4.07. The molecule has 0 bridgehead atoms. The van der Waals surface area contributed by atoms with E-state index in [1.807, 2.05) is 26.1 Å².